The van der Waals surface area contributed by atoms with E-state index in [0.717, 1.165) is 45.4 Å². The number of rotatable bonds is 2. The Morgan fingerprint density at radius 1 is 0.952 bits per heavy atom. The molecule has 1 N–H and O–H groups in total. The Hall–Kier alpha value is -0.610. The molecular weight excluding hydrogens is 264 g/mol. The largest absolute Gasteiger partial charge is 0.468 e. The van der Waals surface area contributed by atoms with Gasteiger partial charge in [0.05, 0.1) is 7.11 Å². The van der Waals surface area contributed by atoms with E-state index in [2.05, 4.69) is 10.2 Å². The van der Waals surface area contributed by atoms with Gasteiger partial charge in [0, 0.05) is 19.6 Å². The summed E-state index contributed by atoms with van der Waals surface area (Å²) in [6.07, 6.45) is 11.1. The Morgan fingerprint density at radius 2 is 1.67 bits per heavy atom. The van der Waals surface area contributed by atoms with Crippen LogP contribution in [0.5, 0.6) is 0 Å². The number of carbonyl (C=O) groups is 1. The van der Waals surface area contributed by atoms with E-state index in [1.54, 1.807) is 7.11 Å². The van der Waals surface area contributed by atoms with Crippen LogP contribution in [0.4, 0.5) is 0 Å². The molecule has 3 fully saturated rings. The van der Waals surface area contributed by atoms with Gasteiger partial charge in [0.25, 0.3) is 0 Å². The molecule has 1 heterocycles. The summed E-state index contributed by atoms with van der Waals surface area (Å²) in [6.45, 7) is 4.05. The molecule has 1 saturated heterocycles. The quantitative estimate of drug-likeness (QED) is 0.794. The number of ether oxygens (including phenoxy) is 1. The molecule has 0 atom stereocenters. The zero-order valence-corrected chi connectivity index (χ0v) is 13.5. The number of hydrogen-bond donors (Lipinski definition) is 1. The van der Waals surface area contributed by atoms with Crippen LogP contribution in [0.25, 0.3) is 0 Å². The van der Waals surface area contributed by atoms with E-state index in [4.69, 9.17) is 4.74 Å². The minimum absolute atomic E-state index is 0.0113. The summed E-state index contributed by atoms with van der Waals surface area (Å²) < 4.78 is 5.24. The Morgan fingerprint density at radius 3 is 2.33 bits per heavy atom. The second kappa shape index (κ2) is 6.25. The van der Waals surface area contributed by atoms with Crippen molar-refractivity contribution in [2.75, 3.05) is 33.3 Å². The van der Waals surface area contributed by atoms with Crippen LogP contribution in [0.2, 0.25) is 0 Å². The van der Waals surface area contributed by atoms with Crippen molar-refractivity contribution in [2.45, 2.75) is 63.3 Å². The average Bonchev–Trinajstić information content (AvgIpc) is 2.80. The van der Waals surface area contributed by atoms with Crippen LogP contribution in [0.1, 0.15) is 57.8 Å². The summed E-state index contributed by atoms with van der Waals surface area (Å²) in [5.41, 5.74) is 0.218. The summed E-state index contributed by atoms with van der Waals surface area (Å²) in [4.78, 5) is 15.1. The molecule has 21 heavy (non-hydrogen) atoms. The second-order valence-electron chi connectivity index (χ2n) is 7.32. The Bertz CT molecular complexity index is 359. The summed E-state index contributed by atoms with van der Waals surface area (Å²) in [5.74, 6) is 0.0113. The predicted molar refractivity (Wildman–Crippen MR) is 83.2 cm³/mol. The molecule has 3 rings (SSSR count). The third-order valence-electron chi connectivity index (χ3n) is 6.31. The van der Waals surface area contributed by atoms with Crippen LogP contribution in [-0.4, -0.2) is 49.7 Å². The maximum absolute atomic E-state index is 12.6. The van der Waals surface area contributed by atoms with Gasteiger partial charge < -0.3 is 10.1 Å². The van der Waals surface area contributed by atoms with E-state index in [-0.39, 0.29) is 11.5 Å². The van der Waals surface area contributed by atoms with E-state index in [0.29, 0.717) is 5.41 Å². The van der Waals surface area contributed by atoms with E-state index in [1.165, 1.54) is 38.5 Å². The lowest BCUT2D eigenvalue weighted by Crippen LogP contribution is -2.58. The Kier molecular flexibility index (Phi) is 4.55. The monoisotopic (exact) mass is 294 g/mol. The van der Waals surface area contributed by atoms with Gasteiger partial charge in [-0.25, -0.2) is 0 Å². The Balaban J connectivity index is 1.76. The minimum atomic E-state index is -0.339. The fourth-order valence-electron chi connectivity index (χ4n) is 4.93. The maximum Gasteiger partial charge on any atom is 0.326 e. The van der Waals surface area contributed by atoms with Crippen molar-refractivity contribution < 1.29 is 9.53 Å². The molecule has 1 spiro atoms. The lowest BCUT2D eigenvalue weighted by molar-refractivity contribution is -0.160. The summed E-state index contributed by atoms with van der Waals surface area (Å²) in [7, 11) is 1.56. The molecule has 2 aliphatic carbocycles. The topological polar surface area (TPSA) is 41.6 Å². The van der Waals surface area contributed by atoms with Crippen LogP contribution in [0.15, 0.2) is 0 Å². The third-order valence-corrected chi connectivity index (χ3v) is 6.31. The lowest BCUT2D eigenvalue weighted by Gasteiger charge is -2.48. The molecule has 2 saturated carbocycles. The van der Waals surface area contributed by atoms with Crippen molar-refractivity contribution in [1.82, 2.24) is 10.2 Å². The number of nitrogens with one attached hydrogen (secondary N) is 1. The fourth-order valence-corrected chi connectivity index (χ4v) is 4.93. The van der Waals surface area contributed by atoms with Crippen LogP contribution >= 0.6 is 0 Å². The predicted octanol–water partition coefficient (Wildman–Crippen LogP) is 2.33. The van der Waals surface area contributed by atoms with E-state index < -0.39 is 0 Å². The summed E-state index contributed by atoms with van der Waals surface area (Å²) >= 11 is 0. The van der Waals surface area contributed by atoms with E-state index >= 15 is 0 Å². The van der Waals surface area contributed by atoms with Gasteiger partial charge in [-0.15, -0.1) is 0 Å². The van der Waals surface area contributed by atoms with Crippen molar-refractivity contribution in [2.24, 2.45) is 5.41 Å². The lowest BCUT2D eigenvalue weighted by atomic mass is 9.65. The molecule has 0 aromatic heterocycles. The smallest absolute Gasteiger partial charge is 0.326 e. The molecule has 0 bridgehead atoms. The van der Waals surface area contributed by atoms with E-state index in [1.807, 2.05) is 0 Å². The molecule has 0 aromatic rings. The highest BCUT2D eigenvalue weighted by molar-refractivity contribution is 5.81. The first-order chi connectivity index (χ1) is 10.2. The van der Waals surface area contributed by atoms with Gasteiger partial charge in [-0.2, -0.15) is 0 Å². The molecular formula is C17H30N2O2. The van der Waals surface area contributed by atoms with Gasteiger partial charge in [0.2, 0.25) is 0 Å². The highest BCUT2D eigenvalue weighted by Crippen LogP contribution is 2.52. The van der Waals surface area contributed by atoms with Gasteiger partial charge in [0.1, 0.15) is 5.54 Å². The maximum atomic E-state index is 12.6. The normalized spacial score (nSPS) is 29.2. The van der Waals surface area contributed by atoms with Gasteiger partial charge in [-0.05, 0) is 56.9 Å². The molecule has 120 valence electrons. The van der Waals surface area contributed by atoms with Crippen molar-refractivity contribution in [3.63, 3.8) is 0 Å². The number of methoxy groups -OCH3 is 1. The SMILES string of the molecule is COC(=O)C1(N2CCCNCC2)CCC2(CCCC2)CC1. The van der Waals surface area contributed by atoms with Crippen molar-refractivity contribution >= 4 is 5.97 Å². The number of esters is 1. The van der Waals surface area contributed by atoms with Crippen molar-refractivity contribution in [1.29, 1.82) is 0 Å². The van der Waals surface area contributed by atoms with Crippen LogP contribution in [-0.2, 0) is 9.53 Å². The molecule has 0 amide bonds. The standard InChI is InChI=1S/C17H30N2O2/c1-21-15(20)17(19-13-4-11-18-12-14-19)9-7-16(8-10-17)5-2-3-6-16/h18H,2-14H2,1H3. The highest BCUT2D eigenvalue weighted by Gasteiger charge is 2.51. The second-order valence-corrected chi connectivity index (χ2v) is 7.32. The average molecular weight is 294 g/mol. The fraction of sp³-hybridized carbons (Fsp3) is 0.941. The molecule has 4 heteroatoms. The first-order valence-corrected chi connectivity index (χ1v) is 8.75. The molecule has 0 aromatic carbocycles. The van der Waals surface area contributed by atoms with Gasteiger partial charge in [-0.3, -0.25) is 9.69 Å². The highest BCUT2D eigenvalue weighted by atomic mass is 16.5. The van der Waals surface area contributed by atoms with Gasteiger partial charge in [-0.1, -0.05) is 12.8 Å². The summed E-state index contributed by atoms with van der Waals surface area (Å²) in [5, 5.41) is 3.45. The first-order valence-electron chi connectivity index (χ1n) is 8.75. The van der Waals surface area contributed by atoms with Gasteiger partial charge in [0.15, 0.2) is 0 Å². The van der Waals surface area contributed by atoms with Crippen LogP contribution in [0, 0.1) is 5.41 Å². The van der Waals surface area contributed by atoms with Crippen LogP contribution < -0.4 is 5.32 Å². The Labute approximate surface area is 128 Å². The van der Waals surface area contributed by atoms with Gasteiger partial charge >= 0.3 is 5.97 Å². The zero-order valence-electron chi connectivity index (χ0n) is 13.5. The van der Waals surface area contributed by atoms with E-state index in [9.17, 15) is 4.79 Å². The molecule has 0 radical (unpaired) electrons. The van der Waals surface area contributed by atoms with Crippen molar-refractivity contribution in [3.05, 3.63) is 0 Å². The van der Waals surface area contributed by atoms with Crippen molar-refractivity contribution in [3.8, 4) is 0 Å². The number of hydrogen-bond acceptors (Lipinski definition) is 4. The first kappa shape index (κ1) is 15.3. The van der Waals surface area contributed by atoms with Crippen LogP contribution in [0.3, 0.4) is 0 Å². The third kappa shape index (κ3) is 2.85. The minimum Gasteiger partial charge on any atom is -0.468 e. The summed E-state index contributed by atoms with van der Waals surface area (Å²) in [6, 6.07) is 0. The number of nitrogens with zero attached hydrogens (tertiary/aromatic N) is 1. The molecule has 0 unspecified atom stereocenters. The molecule has 1 aliphatic heterocycles. The molecule has 3 aliphatic rings. The zero-order chi connectivity index (χ0) is 14.8. The number of carbonyl (C=O) groups excluding carboxylic acids is 1. The molecule has 4 nitrogen and oxygen atoms in total.